The van der Waals surface area contributed by atoms with Crippen LogP contribution >= 0.6 is 23.4 Å². The third-order valence-electron chi connectivity index (χ3n) is 5.42. The molecule has 0 aliphatic rings. The maximum absolute atomic E-state index is 13.0. The quantitative estimate of drug-likeness (QED) is 0.180. The highest BCUT2D eigenvalue weighted by Gasteiger charge is 2.25. The van der Waals surface area contributed by atoms with Gasteiger partial charge in [-0.25, -0.2) is 4.79 Å². The Morgan fingerprint density at radius 3 is 2.47 bits per heavy atom. The maximum Gasteiger partial charge on any atom is 0.337 e. The van der Waals surface area contributed by atoms with Gasteiger partial charge in [-0.1, -0.05) is 55.4 Å². The van der Waals surface area contributed by atoms with Gasteiger partial charge in [-0.05, 0) is 48.7 Å². The number of thioether (sulfide) groups is 1. The molecule has 2 N–H and O–H groups in total. The van der Waals surface area contributed by atoms with Crippen molar-refractivity contribution in [3.05, 3.63) is 83.2 Å². The first-order valence-electron chi connectivity index (χ1n) is 11.9. The summed E-state index contributed by atoms with van der Waals surface area (Å²) in [6.45, 7) is 8.35. The number of nitrogens with one attached hydrogen (secondary N) is 2. The van der Waals surface area contributed by atoms with Crippen molar-refractivity contribution >= 4 is 46.8 Å². The Labute approximate surface area is 231 Å². The number of aromatic nitrogens is 3. The number of allylic oxidation sites excluding steroid dienone is 1. The Balaban J connectivity index is 1.73. The molecule has 1 aromatic heterocycles. The highest BCUT2D eigenvalue weighted by Crippen LogP contribution is 2.26. The molecule has 1 atom stereocenters. The molecule has 1 heterocycles. The number of carbonyl (C=O) groups is 3. The van der Waals surface area contributed by atoms with Gasteiger partial charge < -0.3 is 19.9 Å². The molecule has 3 aromatic rings. The van der Waals surface area contributed by atoms with Crippen molar-refractivity contribution in [2.75, 3.05) is 18.2 Å². The van der Waals surface area contributed by atoms with Gasteiger partial charge in [0.05, 0.1) is 35.1 Å². The predicted molar refractivity (Wildman–Crippen MR) is 148 cm³/mol. The second-order valence-corrected chi connectivity index (χ2v) is 10.1. The Kier molecular flexibility index (Phi) is 10.5. The van der Waals surface area contributed by atoms with Gasteiger partial charge in [0.2, 0.25) is 5.91 Å². The molecular formula is C27H30ClN5O4S. The van der Waals surface area contributed by atoms with Crippen LogP contribution in [0, 0.1) is 5.92 Å². The number of carbonyl (C=O) groups excluding carboxylic acids is 3. The number of hydrogen-bond acceptors (Lipinski definition) is 7. The predicted octanol–water partition coefficient (Wildman–Crippen LogP) is 5.15. The van der Waals surface area contributed by atoms with Gasteiger partial charge in [-0.15, -0.1) is 16.8 Å². The van der Waals surface area contributed by atoms with Gasteiger partial charge in [0.25, 0.3) is 5.91 Å². The number of anilines is 1. The Hall–Kier alpha value is -3.63. The lowest BCUT2D eigenvalue weighted by Crippen LogP contribution is -2.32. The highest BCUT2D eigenvalue weighted by atomic mass is 35.5. The number of benzene rings is 2. The molecule has 0 fully saturated rings. The summed E-state index contributed by atoms with van der Waals surface area (Å²) in [6.07, 6.45) is 2.33. The van der Waals surface area contributed by atoms with Crippen LogP contribution in [-0.2, 0) is 16.1 Å². The minimum absolute atomic E-state index is 0.0782. The molecule has 3 rings (SSSR count). The largest absolute Gasteiger partial charge is 0.465 e. The second-order valence-electron chi connectivity index (χ2n) is 8.78. The van der Waals surface area contributed by atoms with Crippen LogP contribution in [0.3, 0.4) is 0 Å². The van der Waals surface area contributed by atoms with Crippen molar-refractivity contribution in [3.8, 4) is 0 Å². The first-order chi connectivity index (χ1) is 18.2. The lowest BCUT2D eigenvalue weighted by molar-refractivity contribution is -0.113. The summed E-state index contributed by atoms with van der Waals surface area (Å²) in [6, 6.07) is 12.8. The summed E-state index contributed by atoms with van der Waals surface area (Å²) in [5, 5.41) is 15.4. The summed E-state index contributed by atoms with van der Waals surface area (Å²) in [7, 11) is 1.31. The summed E-state index contributed by atoms with van der Waals surface area (Å²) >= 11 is 7.45. The van der Waals surface area contributed by atoms with Gasteiger partial charge in [0.15, 0.2) is 11.0 Å². The normalized spacial score (nSPS) is 11.6. The van der Waals surface area contributed by atoms with Gasteiger partial charge in [-0.2, -0.15) is 0 Å². The maximum atomic E-state index is 13.0. The second kappa shape index (κ2) is 13.8. The summed E-state index contributed by atoms with van der Waals surface area (Å²) in [4.78, 5) is 37.2. The number of esters is 1. The molecule has 0 unspecified atom stereocenters. The fourth-order valence-electron chi connectivity index (χ4n) is 3.68. The van der Waals surface area contributed by atoms with Gasteiger partial charge >= 0.3 is 5.97 Å². The standard InChI is InChI=1S/C27H30ClN5O4S/c1-5-14-33-24(22(15-17(2)3)30-25(35)20-8-6-7-9-21(20)28)31-32-27(33)38-16-23(34)29-19-12-10-18(11-13-19)26(36)37-4/h5-13,17,22H,1,14-16H2,2-4H3,(H,29,34)(H,30,35)/t22-/m1/s1. The fraction of sp³-hybridized carbons (Fsp3) is 0.296. The molecule has 0 radical (unpaired) electrons. The monoisotopic (exact) mass is 555 g/mol. The van der Waals surface area contributed by atoms with Crippen molar-refractivity contribution < 1.29 is 19.1 Å². The molecule has 2 aromatic carbocycles. The SMILES string of the molecule is C=CCn1c(SCC(=O)Nc2ccc(C(=O)OC)cc2)nnc1[C@@H](CC(C)C)NC(=O)c1ccccc1Cl. The molecule has 11 heteroatoms. The molecule has 2 amide bonds. The third kappa shape index (κ3) is 7.69. The summed E-state index contributed by atoms with van der Waals surface area (Å²) in [5.41, 5.74) is 1.32. The average molecular weight is 556 g/mol. The first-order valence-corrected chi connectivity index (χ1v) is 13.3. The van der Waals surface area contributed by atoms with Crippen LogP contribution in [0.5, 0.6) is 0 Å². The average Bonchev–Trinajstić information content (AvgIpc) is 3.29. The molecule has 0 spiro atoms. The van der Waals surface area contributed by atoms with E-state index in [1.54, 1.807) is 54.6 Å². The van der Waals surface area contributed by atoms with Crippen molar-refractivity contribution in [3.63, 3.8) is 0 Å². The zero-order chi connectivity index (χ0) is 27.7. The van der Waals surface area contributed by atoms with E-state index in [1.165, 1.54) is 18.9 Å². The van der Waals surface area contributed by atoms with Crippen LogP contribution in [0.4, 0.5) is 5.69 Å². The van der Waals surface area contributed by atoms with E-state index in [9.17, 15) is 14.4 Å². The molecule has 200 valence electrons. The van der Waals surface area contributed by atoms with Crippen LogP contribution in [-0.4, -0.2) is 45.4 Å². The van der Waals surface area contributed by atoms with Crippen molar-refractivity contribution in [2.45, 2.75) is 38.0 Å². The molecule has 38 heavy (non-hydrogen) atoms. The van der Waals surface area contributed by atoms with Crippen molar-refractivity contribution in [1.82, 2.24) is 20.1 Å². The first kappa shape index (κ1) is 28.9. The lowest BCUT2D eigenvalue weighted by Gasteiger charge is -2.21. The summed E-state index contributed by atoms with van der Waals surface area (Å²) in [5.74, 6) is -0.0974. The Morgan fingerprint density at radius 1 is 1.13 bits per heavy atom. The molecular weight excluding hydrogens is 526 g/mol. The number of hydrogen-bond donors (Lipinski definition) is 2. The number of methoxy groups -OCH3 is 1. The Morgan fingerprint density at radius 2 is 1.84 bits per heavy atom. The van der Waals surface area contributed by atoms with Gasteiger partial charge in [0.1, 0.15) is 0 Å². The third-order valence-corrected chi connectivity index (χ3v) is 6.72. The number of halogens is 1. The molecule has 0 saturated heterocycles. The van der Waals surface area contributed by atoms with Crippen LogP contribution < -0.4 is 10.6 Å². The number of amides is 2. The Bertz CT molecular complexity index is 1290. The van der Waals surface area contributed by atoms with E-state index in [0.717, 1.165) is 0 Å². The molecule has 0 aliphatic heterocycles. The molecule has 0 bridgehead atoms. The van der Waals surface area contributed by atoms with Crippen molar-refractivity contribution in [2.24, 2.45) is 5.92 Å². The minimum Gasteiger partial charge on any atom is -0.465 e. The molecule has 9 nitrogen and oxygen atoms in total. The zero-order valence-corrected chi connectivity index (χ0v) is 23.0. The van der Waals surface area contributed by atoms with Crippen LogP contribution in [0.25, 0.3) is 0 Å². The van der Waals surface area contributed by atoms with E-state index in [2.05, 4.69) is 46.0 Å². The van der Waals surface area contributed by atoms with Gasteiger partial charge in [0, 0.05) is 12.2 Å². The van der Waals surface area contributed by atoms with E-state index < -0.39 is 12.0 Å². The zero-order valence-electron chi connectivity index (χ0n) is 21.4. The lowest BCUT2D eigenvalue weighted by atomic mass is 10.0. The number of rotatable bonds is 12. The molecule has 0 saturated carbocycles. The van der Waals surface area contributed by atoms with E-state index in [0.29, 0.717) is 45.8 Å². The molecule has 0 aliphatic carbocycles. The fourth-order valence-corrected chi connectivity index (χ4v) is 4.66. The number of ether oxygens (including phenoxy) is 1. The summed E-state index contributed by atoms with van der Waals surface area (Å²) < 4.78 is 6.53. The van der Waals surface area contributed by atoms with E-state index in [-0.39, 0.29) is 23.5 Å². The smallest absolute Gasteiger partial charge is 0.337 e. The van der Waals surface area contributed by atoms with E-state index in [1.807, 2.05) is 4.57 Å². The van der Waals surface area contributed by atoms with Crippen LogP contribution in [0.15, 0.2) is 66.3 Å². The minimum atomic E-state index is -0.449. The topological polar surface area (TPSA) is 115 Å². The van der Waals surface area contributed by atoms with Gasteiger partial charge in [-0.3, -0.25) is 9.59 Å². The van der Waals surface area contributed by atoms with E-state index in [4.69, 9.17) is 11.6 Å². The van der Waals surface area contributed by atoms with Crippen LogP contribution in [0.1, 0.15) is 52.9 Å². The highest BCUT2D eigenvalue weighted by molar-refractivity contribution is 7.99. The van der Waals surface area contributed by atoms with Crippen molar-refractivity contribution in [1.29, 1.82) is 0 Å². The van der Waals surface area contributed by atoms with Crippen LogP contribution in [0.2, 0.25) is 5.02 Å². The van der Waals surface area contributed by atoms with E-state index >= 15 is 0 Å². The number of nitrogens with zero attached hydrogens (tertiary/aromatic N) is 3.